The minimum atomic E-state index is -1.32. The van der Waals surface area contributed by atoms with E-state index in [2.05, 4.69) is 36.5 Å². The zero-order valence-electron chi connectivity index (χ0n) is 17.1. The molecule has 154 valence electrons. The molecule has 1 aliphatic rings. The highest BCUT2D eigenvalue weighted by Crippen LogP contribution is 2.44. The molecule has 0 aromatic heterocycles. The van der Waals surface area contributed by atoms with Gasteiger partial charge in [0.05, 0.1) is 0 Å². The van der Waals surface area contributed by atoms with Crippen molar-refractivity contribution < 1.29 is 19.4 Å². The summed E-state index contributed by atoms with van der Waals surface area (Å²) in [4.78, 5) is 24.2. The second-order valence-corrected chi connectivity index (χ2v) is 7.90. The molecule has 3 rings (SSSR count). The summed E-state index contributed by atoms with van der Waals surface area (Å²) in [5.41, 5.74) is 3.24. The predicted octanol–water partition coefficient (Wildman–Crippen LogP) is 5.34. The van der Waals surface area contributed by atoms with Gasteiger partial charge in [-0.05, 0) is 35.6 Å². The molecule has 0 radical (unpaired) electrons. The molecule has 0 bridgehead atoms. The molecule has 2 aromatic carbocycles. The van der Waals surface area contributed by atoms with Crippen LogP contribution >= 0.6 is 0 Å². The SMILES string of the molecule is CCCCCC[C@@](C)(NC(=O)OCC1c2ccccc2-c2ccccc21)C(=O)O. The summed E-state index contributed by atoms with van der Waals surface area (Å²) in [6.45, 7) is 3.82. The highest BCUT2D eigenvalue weighted by molar-refractivity contribution is 5.84. The number of carboxylic acids is 1. The quantitative estimate of drug-likeness (QED) is 0.562. The van der Waals surface area contributed by atoms with Crippen molar-refractivity contribution in [1.82, 2.24) is 5.32 Å². The van der Waals surface area contributed by atoms with Crippen molar-refractivity contribution >= 4 is 12.1 Å². The minimum Gasteiger partial charge on any atom is -0.480 e. The number of rotatable bonds is 9. The predicted molar refractivity (Wildman–Crippen MR) is 113 cm³/mol. The summed E-state index contributed by atoms with van der Waals surface area (Å²) < 4.78 is 5.50. The Morgan fingerprint density at radius 2 is 1.59 bits per heavy atom. The van der Waals surface area contributed by atoms with Crippen LogP contribution in [0.5, 0.6) is 0 Å². The maximum absolute atomic E-state index is 12.4. The zero-order valence-corrected chi connectivity index (χ0v) is 17.1. The normalized spacial score (nSPS) is 14.6. The number of carboxylic acid groups (broad SMARTS) is 1. The lowest BCUT2D eigenvalue weighted by Gasteiger charge is -2.26. The van der Waals surface area contributed by atoms with Crippen LogP contribution in [0.1, 0.15) is 63.0 Å². The van der Waals surface area contributed by atoms with E-state index in [1.165, 1.54) is 0 Å². The third kappa shape index (κ3) is 4.61. The highest BCUT2D eigenvalue weighted by atomic mass is 16.5. The summed E-state index contributed by atoms with van der Waals surface area (Å²) in [7, 11) is 0. The number of hydrogen-bond acceptors (Lipinski definition) is 3. The first kappa shape index (κ1) is 20.9. The average Bonchev–Trinajstić information content (AvgIpc) is 3.03. The minimum absolute atomic E-state index is 0.0474. The molecule has 0 saturated carbocycles. The summed E-state index contributed by atoms with van der Waals surface area (Å²) in [6.07, 6.45) is 3.52. The van der Waals surface area contributed by atoms with Gasteiger partial charge in [0.2, 0.25) is 0 Å². The van der Waals surface area contributed by atoms with Crippen LogP contribution in [0.15, 0.2) is 48.5 Å². The molecule has 0 aliphatic heterocycles. The van der Waals surface area contributed by atoms with Crippen molar-refractivity contribution in [2.45, 2.75) is 57.4 Å². The Hall–Kier alpha value is -2.82. The highest BCUT2D eigenvalue weighted by Gasteiger charge is 2.35. The van der Waals surface area contributed by atoms with E-state index in [1.807, 2.05) is 24.3 Å². The van der Waals surface area contributed by atoms with Crippen LogP contribution in [0.2, 0.25) is 0 Å². The number of carbonyl (C=O) groups excluding carboxylic acids is 1. The maximum Gasteiger partial charge on any atom is 0.408 e. The first-order valence-corrected chi connectivity index (χ1v) is 10.3. The van der Waals surface area contributed by atoms with Crippen molar-refractivity contribution in [3.8, 4) is 11.1 Å². The number of carbonyl (C=O) groups is 2. The van der Waals surface area contributed by atoms with Crippen LogP contribution < -0.4 is 5.32 Å². The molecule has 5 nitrogen and oxygen atoms in total. The Bertz CT molecular complexity index is 833. The Labute approximate surface area is 172 Å². The van der Waals surface area contributed by atoms with E-state index in [0.717, 1.165) is 47.9 Å². The standard InChI is InChI=1S/C24H29NO4/c1-3-4-5-10-15-24(2,22(26)27)25-23(28)29-16-21-19-13-8-6-11-17(19)18-12-7-9-14-20(18)21/h6-9,11-14,21H,3-5,10,15-16H2,1-2H3,(H,25,28)(H,26,27)/t24-/m1/s1. The number of benzene rings is 2. The van der Waals surface area contributed by atoms with E-state index in [-0.39, 0.29) is 12.5 Å². The van der Waals surface area contributed by atoms with Gasteiger partial charge in [-0.25, -0.2) is 9.59 Å². The molecule has 1 atom stereocenters. The van der Waals surface area contributed by atoms with Crippen molar-refractivity contribution in [2.24, 2.45) is 0 Å². The number of unbranched alkanes of at least 4 members (excludes halogenated alkanes) is 3. The van der Waals surface area contributed by atoms with E-state index in [9.17, 15) is 14.7 Å². The molecule has 0 saturated heterocycles. The molecule has 2 N–H and O–H groups in total. The second kappa shape index (κ2) is 9.12. The summed E-state index contributed by atoms with van der Waals surface area (Å²) in [5.74, 6) is -1.09. The van der Waals surface area contributed by atoms with Gasteiger partial charge in [-0.3, -0.25) is 0 Å². The maximum atomic E-state index is 12.4. The number of hydrogen-bond donors (Lipinski definition) is 2. The first-order valence-electron chi connectivity index (χ1n) is 10.3. The first-order chi connectivity index (χ1) is 14.0. The van der Waals surface area contributed by atoms with Crippen molar-refractivity contribution in [2.75, 3.05) is 6.61 Å². The third-order valence-electron chi connectivity index (χ3n) is 5.72. The van der Waals surface area contributed by atoms with E-state index in [4.69, 9.17) is 4.74 Å². The fourth-order valence-electron chi connectivity index (χ4n) is 3.99. The van der Waals surface area contributed by atoms with Gasteiger partial charge >= 0.3 is 12.1 Å². The lowest BCUT2D eigenvalue weighted by Crippen LogP contribution is -2.52. The molecule has 1 aliphatic carbocycles. The van der Waals surface area contributed by atoms with Gasteiger partial charge in [0, 0.05) is 5.92 Å². The van der Waals surface area contributed by atoms with E-state index >= 15 is 0 Å². The fraction of sp³-hybridized carbons (Fsp3) is 0.417. The summed E-state index contributed by atoms with van der Waals surface area (Å²) in [5, 5.41) is 12.2. The van der Waals surface area contributed by atoms with Crippen molar-refractivity contribution in [3.05, 3.63) is 59.7 Å². The summed E-state index contributed by atoms with van der Waals surface area (Å²) in [6, 6.07) is 16.2. The molecule has 29 heavy (non-hydrogen) atoms. The molecule has 5 heteroatoms. The van der Waals surface area contributed by atoms with Gasteiger partial charge in [0.15, 0.2) is 0 Å². The van der Waals surface area contributed by atoms with Gasteiger partial charge in [-0.1, -0.05) is 81.1 Å². The Kier molecular flexibility index (Phi) is 6.57. The van der Waals surface area contributed by atoms with Crippen LogP contribution in [0.3, 0.4) is 0 Å². The van der Waals surface area contributed by atoms with Gasteiger partial charge in [-0.15, -0.1) is 0 Å². The molecular weight excluding hydrogens is 366 g/mol. The summed E-state index contributed by atoms with van der Waals surface area (Å²) >= 11 is 0. The van der Waals surface area contributed by atoms with Crippen LogP contribution in [0, 0.1) is 0 Å². The van der Waals surface area contributed by atoms with Crippen LogP contribution in [0.4, 0.5) is 4.79 Å². The van der Waals surface area contributed by atoms with Crippen molar-refractivity contribution in [1.29, 1.82) is 0 Å². The Balaban J connectivity index is 1.65. The monoisotopic (exact) mass is 395 g/mol. The van der Waals surface area contributed by atoms with Gasteiger partial charge in [0.1, 0.15) is 12.1 Å². The molecule has 0 spiro atoms. The van der Waals surface area contributed by atoms with E-state index in [1.54, 1.807) is 6.92 Å². The number of amides is 1. The number of nitrogens with one attached hydrogen (secondary N) is 1. The molecule has 0 unspecified atom stereocenters. The molecule has 2 aromatic rings. The van der Waals surface area contributed by atoms with Crippen LogP contribution in [-0.4, -0.2) is 29.3 Å². The Morgan fingerprint density at radius 3 is 2.14 bits per heavy atom. The van der Waals surface area contributed by atoms with E-state index < -0.39 is 17.6 Å². The number of aliphatic carboxylic acids is 1. The topological polar surface area (TPSA) is 75.6 Å². The number of ether oxygens (including phenoxy) is 1. The average molecular weight is 395 g/mol. The van der Waals surface area contributed by atoms with Crippen molar-refractivity contribution in [3.63, 3.8) is 0 Å². The van der Waals surface area contributed by atoms with Gasteiger partial charge < -0.3 is 15.2 Å². The molecule has 0 fully saturated rings. The van der Waals surface area contributed by atoms with E-state index in [0.29, 0.717) is 6.42 Å². The Morgan fingerprint density at radius 1 is 1.00 bits per heavy atom. The smallest absolute Gasteiger partial charge is 0.408 e. The van der Waals surface area contributed by atoms with Crippen LogP contribution in [0.25, 0.3) is 11.1 Å². The number of alkyl carbamates (subject to hydrolysis) is 1. The van der Waals surface area contributed by atoms with Gasteiger partial charge in [0.25, 0.3) is 0 Å². The molecule has 1 amide bonds. The third-order valence-corrected chi connectivity index (χ3v) is 5.72. The zero-order chi connectivity index (χ0) is 20.9. The molecule has 0 heterocycles. The number of fused-ring (bicyclic) bond motifs is 3. The lowest BCUT2D eigenvalue weighted by molar-refractivity contribution is -0.144. The largest absolute Gasteiger partial charge is 0.480 e. The fourth-order valence-corrected chi connectivity index (χ4v) is 3.99. The van der Waals surface area contributed by atoms with Crippen LogP contribution in [-0.2, 0) is 9.53 Å². The molecular formula is C24H29NO4. The lowest BCUT2D eigenvalue weighted by atomic mass is 9.94. The van der Waals surface area contributed by atoms with Gasteiger partial charge in [-0.2, -0.15) is 0 Å². The second-order valence-electron chi connectivity index (χ2n) is 7.90.